The van der Waals surface area contributed by atoms with Crippen molar-refractivity contribution in [3.63, 3.8) is 0 Å². The molecule has 0 spiro atoms. The maximum atomic E-state index is 5.48. The Morgan fingerprint density at radius 3 is 1.32 bits per heavy atom. The summed E-state index contributed by atoms with van der Waals surface area (Å²) in [7, 11) is 0. The smallest absolute Gasteiger partial charge is 0.0702 e. The molecule has 0 aromatic heterocycles. The van der Waals surface area contributed by atoms with E-state index in [2.05, 4.69) is 145 Å². The number of anilines is 1. The summed E-state index contributed by atoms with van der Waals surface area (Å²) in [4.78, 5) is 5.48. The van der Waals surface area contributed by atoms with Crippen LogP contribution in [0.15, 0.2) is 53.2 Å². The predicted molar refractivity (Wildman–Crippen MR) is 167 cm³/mol. The van der Waals surface area contributed by atoms with Crippen molar-refractivity contribution < 1.29 is 0 Å². The van der Waals surface area contributed by atoms with Gasteiger partial charge >= 0.3 is 0 Å². The third-order valence-electron chi connectivity index (χ3n) is 7.06. The standard InChI is InChI=1S/C35H54N2/c1-22(2)26-17-15-18-27(23(3)4)32(26)36-30(34(9,10)11)21-31(35(12,13)14)37-33-28(24(5)6)19-16-20-29(33)25(7)8/h15-25,36H,1-14H3. The van der Waals surface area contributed by atoms with Crippen LogP contribution in [-0.2, 0) is 0 Å². The molecule has 0 bridgehead atoms. The van der Waals surface area contributed by atoms with Crippen LogP contribution in [0.25, 0.3) is 0 Å². The molecule has 0 saturated heterocycles. The molecular formula is C35H54N2. The van der Waals surface area contributed by atoms with E-state index in [0.717, 1.165) is 11.4 Å². The highest BCUT2D eigenvalue weighted by atomic mass is 14.9. The van der Waals surface area contributed by atoms with Crippen molar-refractivity contribution in [2.45, 2.75) is 121 Å². The summed E-state index contributed by atoms with van der Waals surface area (Å²) in [6.07, 6.45) is 2.34. The van der Waals surface area contributed by atoms with Crippen molar-refractivity contribution in [1.82, 2.24) is 0 Å². The Morgan fingerprint density at radius 1 is 0.622 bits per heavy atom. The van der Waals surface area contributed by atoms with Gasteiger partial charge < -0.3 is 5.32 Å². The highest BCUT2D eigenvalue weighted by Crippen LogP contribution is 2.39. The molecule has 0 amide bonds. The number of nitrogens with zero attached hydrogens (tertiary/aromatic N) is 1. The minimum Gasteiger partial charge on any atom is -0.358 e. The summed E-state index contributed by atoms with van der Waals surface area (Å²) in [5.74, 6) is 1.69. The fourth-order valence-electron chi connectivity index (χ4n) is 4.58. The van der Waals surface area contributed by atoms with Gasteiger partial charge in [-0.15, -0.1) is 0 Å². The largest absolute Gasteiger partial charge is 0.358 e. The van der Waals surface area contributed by atoms with Crippen LogP contribution in [0.5, 0.6) is 0 Å². The molecular weight excluding hydrogens is 448 g/mol. The Hall–Kier alpha value is -2.35. The molecule has 0 unspecified atom stereocenters. The highest BCUT2D eigenvalue weighted by molar-refractivity contribution is 6.02. The Morgan fingerprint density at radius 2 is 1.00 bits per heavy atom. The van der Waals surface area contributed by atoms with Crippen molar-refractivity contribution in [1.29, 1.82) is 0 Å². The van der Waals surface area contributed by atoms with Crippen molar-refractivity contribution in [2.75, 3.05) is 5.32 Å². The molecule has 0 saturated carbocycles. The SMILES string of the molecule is CC(C)c1cccc(C(C)C)c1N=C(C=C(Nc1c(C(C)C)cccc1C(C)C)C(C)(C)C)C(C)(C)C. The van der Waals surface area contributed by atoms with Crippen LogP contribution < -0.4 is 5.32 Å². The average Bonchev–Trinajstić information content (AvgIpc) is 2.75. The molecule has 204 valence electrons. The van der Waals surface area contributed by atoms with Crippen molar-refractivity contribution >= 4 is 17.1 Å². The van der Waals surface area contributed by atoms with Crippen LogP contribution in [0.4, 0.5) is 11.4 Å². The van der Waals surface area contributed by atoms with E-state index in [4.69, 9.17) is 4.99 Å². The molecule has 2 nitrogen and oxygen atoms in total. The van der Waals surface area contributed by atoms with E-state index in [9.17, 15) is 0 Å². The maximum Gasteiger partial charge on any atom is 0.0702 e. The summed E-state index contributed by atoms with van der Waals surface area (Å²) < 4.78 is 0. The van der Waals surface area contributed by atoms with E-state index in [-0.39, 0.29) is 10.8 Å². The zero-order valence-electron chi connectivity index (χ0n) is 26.3. The van der Waals surface area contributed by atoms with Gasteiger partial charge in [0.1, 0.15) is 0 Å². The fraction of sp³-hybridized carbons (Fsp3) is 0.571. The number of allylic oxidation sites excluding steroid dienone is 2. The lowest BCUT2D eigenvalue weighted by Crippen LogP contribution is -2.25. The second-order valence-corrected chi connectivity index (χ2v) is 13.9. The highest BCUT2D eigenvalue weighted by Gasteiger charge is 2.26. The molecule has 37 heavy (non-hydrogen) atoms. The third kappa shape index (κ3) is 7.82. The van der Waals surface area contributed by atoms with Gasteiger partial charge in [-0.2, -0.15) is 0 Å². The van der Waals surface area contributed by atoms with E-state index in [1.807, 2.05) is 0 Å². The molecule has 0 aliphatic rings. The molecule has 0 heterocycles. The molecule has 0 atom stereocenters. The van der Waals surface area contributed by atoms with Gasteiger partial charge in [0.15, 0.2) is 0 Å². The summed E-state index contributed by atoms with van der Waals surface area (Å²) in [5.41, 5.74) is 9.87. The van der Waals surface area contributed by atoms with Gasteiger partial charge in [-0.3, -0.25) is 4.99 Å². The van der Waals surface area contributed by atoms with Crippen LogP contribution in [0.2, 0.25) is 0 Å². The van der Waals surface area contributed by atoms with Gasteiger partial charge in [-0.05, 0) is 52.0 Å². The minimum absolute atomic E-state index is 0.0806. The molecule has 0 radical (unpaired) electrons. The average molecular weight is 503 g/mol. The summed E-state index contributed by atoms with van der Waals surface area (Å²) in [6, 6.07) is 13.4. The molecule has 2 heteroatoms. The first-order valence-electron chi connectivity index (χ1n) is 14.3. The lowest BCUT2D eigenvalue weighted by atomic mass is 9.83. The number of aliphatic imine (C=N–C) groups is 1. The van der Waals surface area contributed by atoms with Crippen LogP contribution >= 0.6 is 0 Å². The molecule has 0 fully saturated rings. The quantitative estimate of drug-likeness (QED) is 0.357. The van der Waals surface area contributed by atoms with E-state index in [1.54, 1.807) is 0 Å². The summed E-state index contributed by atoms with van der Waals surface area (Å²) in [5, 5.41) is 3.96. The Labute approximate surface area is 229 Å². The minimum atomic E-state index is -0.116. The Balaban J connectivity index is 2.86. The summed E-state index contributed by atoms with van der Waals surface area (Å²) in [6.45, 7) is 31.9. The maximum absolute atomic E-state index is 5.48. The first-order chi connectivity index (χ1) is 16.9. The molecule has 2 rings (SSSR count). The zero-order chi connectivity index (χ0) is 28.3. The van der Waals surface area contributed by atoms with Crippen LogP contribution in [-0.4, -0.2) is 5.71 Å². The molecule has 1 N–H and O–H groups in total. The van der Waals surface area contributed by atoms with E-state index in [1.165, 1.54) is 33.6 Å². The number of nitrogens with one attached hydrogen (secondary N) is 1. The Kier molecular flexibility index (Phi) is 10.0. The second kappa shape index (κ2) is 12.0. The number of rotatable bonds is 8. The Bertz CT molecular complexity index is 1060. The van der Waals surface area contributed by atoms with Crippen LogP contribution in [0.1, 0.15) is 143 Å². The number of hydrogen-bond donors (Lipinski definition) is 1. The topological polar surface area (TPSA) is 24.4 Å². The van der Waals surface area contributed by atoms with Gasteiger partial charge in [0.2, 0.25) is 0 Å². The summed E-state index contributed by atoms with van der Waals surface area (Å²) >= 11 is 0. The van der Waals surface area contributed by atoms with Crippen molar-refractivity contribution in [2.24, 2.45) is 15.8 Å². The van der Waals surface area contributed by atoms with E-state index >= 15 is 0 Å². The van der Waals surface area contributed by atoms with Gasteiger partial charge in [0.25, 0.3) is 0 Å². The fourth-order valence-corrected chi connectivity index (χ4v) is 4.58. The van der Waals surface area contributed by atoms with Gasteiger partial charge in [0, 0.05) is 27.9 Å². The molecule has 2 aromatic rings. The second-order valence-electron chi connectivity index (χ2n) is 13.9. The monoisotopic (exact) mass is 502 g/mol. The normalized spacial score (nSPS) is 13.9. The first-order valence-corrected chi connectivity index (χ1v) is 14.3. The lowest BCUT2D eigenvalue weighted by molar-refractivity contribution is 0.506. The van der Waals surface area contributed by atoms with E-state index < -0.39 is 0 Å². The van der Waals surface area contributed by atoms with Crippen molar-refractivity contribution in [3.05, 3.63) is 70.4 Å². The van der Waals surface area contributed by atoms with Crippen LogP contribution in [0, 0.1) is 10.8 Å². The number of hydrogen-bond acceptors (Lipinski definition) is 2. The first kappa shape index (κ1) is 30.9. The number of benzene rings is 2. The number of para-hydroxylation sites is 2. The third-order valence-corrected chi connectivity index (χ3v) is 7.06. The van der Waals surface area contributed by atoms with Crippen LogP contribution in [0.3, 0.4) is 0 Å². The molecule has 0 aliphatic carbocycles. The van der Waals surface area contributed by atoms with Gasteiger partial charge in [-0.25, -0.2) is 0 Å². The van der Waals surface area contributed by atoms with E-state index in [0.29, 0.717) is 23.7 Å². The van der Waals surface area contributed by atoms with Gasteiger partial charge in [0.05, 0.1) is 5.69 Å². The van der Waals surface area contributed by atoms with Gasteiger partial charge in [-0.1, -0.05) is 133 Å². The van der Waals surface area contributed by atoms with Crippen molar-refractivity contribution in [3.8, 4) is 0 Å². The zero-order valence-corrected chi connectivity index (χ0v) is 26.3. The molecule has 0 aliphatic heterocycles. The molecule has 2 aromatic carbocycles. The lowest BCUT2D eigenvalue weighted by Gasteiger charge is -2.31. The predicted octanol–water partition coefficient (Wildman–Crippen LogP) is 11.3.